The van der Waals surface area contributed by atoms with Gasteiger partial charge in [-0.25, -0.2) is 14.8 Å². The number of hydrogen-bond donors (Lipinski definition) is 2. The van der Waals surface area contributed by atoms with E-state index in [4.69, 9.17) is 4.74 Å². The number of esters is 1. The van der Waals surface area contributed by atoms with Crippen LogP contribution in [0.2, 0.25) is 0 Å². The van der Waals surface area contributed by atoms with Gasteiger partial charge in [0.15, 0.2) is 0 Å². The van der Waals surface area contributed by atoms with E-state index in [2.05, 4.69) is 38.4 Å². The highest BCUT2D eigenvalue weighted by Gasteiger charge is 2.36. The first-order valence-corrected chi connectivity index (χ1v) is 13.6. The summed E-state index contributed by atoms with van der Waals surface area (Å²) in [7, 11) is 1.24. The summed E-state index contributed by atoms with van der Waals surface area (Å²) in [5.41, 5.74) is 2.72. The maximum atomic E-state index is 13.5. The summed E-state index contributed by atoms with van der Waals surface area (Å²) in [6.07, 6.45) is 2.34. The average Bonchev–Trinajstić information content (AvgIpc) is 2.96. The Balaban J connectivity index is 1.26. The lowest BCUT2D eigenvalue weighted by molar-refractivity contribution is -0.129. The van der Waals surface area contributed by atoms with Crippen LogP contribution >= 0.6 is 0 Å². The SMILES string of the molecule is COC(=O)c1nc(NC2CCN(C(C)=O)CC2)cc(C(=O)N2CC[C@@H](N3CCc4ccccc4C3)[C@H](O)C2)n1. The van der Waals surface area contributed by atoms with E-state index in [0.717, 1.165) is 32.4 Å². The number of aliphatic hydroxyl groups is 1. The van der Waals surface area contributed by atoms with Crippen molar-refractivity contribution in [2.75, 3.05) is 45.2 Å². The maximum Gasteiger partial charge on any atom is 0.376 e. The number of carbonyl (C=O) groups is 3. The molecule has 3 aliphatic rings. The quantitative estimate of drug-likeness (QED) is 0.544. The molecule has 1 aromatic carbocycles. The Kier molecular flexibility index (Phi) is 8.08. The van der Waals surface area contributed by atoms with Crippen LogP contribution in [0.5, 0.6) is 0 Å². The zero-order valence-electron chi connectivity index (χ0n) is 22.5. The summed E-state index contributed by atoms with van der Waals surface area (Å²) in [6.45, 7) is 5.15. The van der Waals surface area contributed by atoms with Gasteiger partial charge in [0.1, 0.15) is 11.5 Å². The Bertz CT molecular complexity index is 1230. The van der Waals surface area contributed by atoms with Crippen LogP contribution < -0.4 is 5.32 Å². The largest absolute Gasteiger partial charge is 0.463 e. The molecule has 5 rings (SSSR count). The lowest BCUT2D eigenvalue weighted by atomic mass is 9.94. The van der Waals surface area contributed by atoms with Gasteiger partial charge in [-0.05, 0) is 36.8 Å². The number of ether oxygens (including phenoxy) is 1. The first-order valence-electron chi connectivity index (χ1n) is 13.6. The second kappa shape index (κ2) is 11.7. The minimum Gasteiger partial charge on any atom is -0.463 e. The summed E-state index contributed by atoms with van der Waals surface area (Å²) >= 11 is 0. The van der Waals surface area contributed by atoms with Gasteiger partial charge < -0.3 is 25.0 Å². The number of likely N-dealkylation sites (tertiary alicyclic amines) is 2. The molecule has 2 atom stereocenters. The Labute approximate surface area is 228 Å². The number of carbonyl (C=O) groups excluding carboxylic acids is 3. The van der Waals surface area contributed by atoms with Crippen molar-refractivity contribution in [2.24, 2.45) is 0 Å². The average molecular weight is 537 g/mol. The molecule has 2 N–H and O–H groups in total. The van der Waals surface area contributed by atoms with E-state index in [1.807, 2.05) is 6.07 Å². The second-order valence-electron chi connectivity index (χ2n) is 10.5. The van der Waals surface area contributed by atoms with Gasteiger partial charge in [-0.15, -0.1) is 0 Å². The molecule has 1 aromatic heterocycles. The minimum absolute atomic E-state index is 0.0310. The molecule has 2 amide bonds. The number of β-amino-alcohol motifs (C(OH)–C–C–N with tert-alkyl or cyclic N) is 1. The molecule has 2 fully saturated rings. The minimum atomic E-state index is -0.733. The number of rotatable bonds is 5. The highest BCUT2D eigenvalue weighted by Crippen LogP contribution is 2.26. The van der Waals surface area contributed by atoms with Crippen molar-refractivity contribution in [1.29, 1.82) is 0 Å². The Morgan fingerprint density at radius 1 is 1.00 bits per heavy atom. The summed E-state index contributed by atoms with van der Waals surface area (Å²) in [5, 5.41) is 14.4. The highest BCUT2D eigenvalue weighted by atomic mass is 16.5. The lowest BCUT2D eigenvalue weighted by Crippen LogP contribution is -2.56. The van der Waals surface area contributed by atoms with Gasteiger partial charge in [0.2, 0.25) is 11.7 Å². The van der Waals surface area contributed by atoms with Crippen LogP contribution in [0.3, 0.4) is 0 Å². The van der Waals surface area contributed by atoms with Crippen LogP contribution in [0.25, 0.3) is 0 Å². The van der Waals surface area contributed by atoms with E-state index < -0.39 is 12.1 Å². The zero-order valence-corrected chi connectivity index (χ0v) is 22.5. The van der Waals surface area contributed by atoms with Crippen molar-refractivity contribution >= 4 is 23.6 Å². The molecule has 3 aliphatic heterocycles. The molecule has 4 heterocycles. The number of aromatic nitrogens is 2. The normalized spacial score (nSPS) is 22.2. The summed E-state index contributed by atoms with van der Waals surface area (Å²) in [6, 6.07) is 9.96. The fourth-order valence-corrected chi connectivity index (χ4v) is 5.85. The highest BCUT2D eigenvalue weighted by molar-refractivity contribution is 5.95. The standard InChI is InChI=1S/C28H36N6O5/c1-18(35)32-12-8-21(9-13-32)29-25-15-22(30-26(31-25)28(38)39-2)27(37)34-14-10-23(24(36)17-34)33-11-7-19-5-3-4-6-20(19)16-33/h3-6,15,21,23-24,36H,7-14,16-17H2,1-2H3,(H,29,30,31)/t23-,24-/m1/s1. The van der Waals surface area contributed by atoms with Gasteiger partial charge in [0.25, 0.3) is 5.91 Å². The van der Waals surface area contributed by atoms with E-state index in [0.29, 0.717) is 31.9 Å². The third-order valence-corrected chi connectivity index (χ3v) is 8.07. The molecule has 2 aromatic rings. The molecule has 11 heteroatoms. The van der Waals surface area contributed by atoms with Gasteiger partial charge in [-0.1, -0.05) is 24.3 Å². The lowest BCUT2D eigenvalue weighted by Gasteiger charge is -2.43. The number of benzene rings is 1. The Morgan fingerprint density at radius 2 is 1.72 bits per heavy atom. The van der Waals surface area contributed by atoms with Crippen LogP contribution in [-0.4, -0.2) is 106 Å². The third kappa shape index (κ3) is 6.04. The van der Waals surface area contributed by atoms with Crippen LogP contribution in [0, 0.1) is 0 Å². The molecule has 208 valence electrons. The first kappa shape index (κ1) is 27.0. The molecule has 39 heavy (non-hydrogen) atoms. The molecule has 0 radical (unpaired) electrons. The molecular weight excluding hydrogens is 500 g/mol. The number of aliphatic hydroxyl groups excluding tert-OH is 1. The third-order valence-electron chi connectivity index (χ3n) is 8.07. The summed E-state index contributed by atoms with van der Waals surface area (Å²) in [4.78, 5) is 51.6. The number of fused-ring (bicyclic) bond motifs is 1. The van der Waals surface area contributed by atoms with E-state index in [9.17, 15) is 19.5 Å². The number of nitrogens with one attached hydrogen (secondary N) is 1. The van der Waals surface area contributed by atoms with Crippen molar-refractivity contribution in [2.45, 2.75) is 57.3 Å². The van der Waals surface area contributed by atoms with Gasteiger partial charge in [-0.3, -0.25) is 14.5 Å². The number of methoxy groups -OCH3 is 1. The molecule has 0 spiro atoms. The number of piperidine rings is 2. The zero-order chi connectivity index (χ0) is 27.5. The molecule has 0 aliphatic carbocycles. The summed E-state index contributed by atoms with van der Waals surface area (Å²) < 4.78 is 4.82. The molecule has 0 saturated carbocycles. The van der Waals surface area contributed by atoms with Gasteiger partial charge in [0.05, 0.1) is 13.2 Å². The van der Waals surface area contributed by atoms with Crippen molar-refractivity contribution in [3.63, 3.8) is 0 Å². The van der Waals surface area contributed by atoms with Crippen molar-refractivity contribution < 1.29 is 24.2 Å². The molecule has 0 bridgehead atoms. The number of amides is 2. The first-order chi connectivity index (χ1) is 18.8. The summed E-state index contributed by atoms with van der Waals surface area (Å²) in [5.74, 6) is -0.888. The van der Waals surface area contributed by atoms with Gasteiger partial charge in [0, 0.05) is 64.3 Å². The van der Waals surface area contributed by atoms with Crippen LogP contribution in [0.4, 0.5) is 5.82 Å². The Hall–Kier alpha value is -3.57. The molecular formula is C28H36N6O5. The maximum absolute atomic E-state index is 13.5. The van der Waals surface area contributed by atoms with Gasteiger partial charge in [-0.2, -0.15) is 0 Å². The van der Waals surface area contributed by atoms with Crippen molar-refractivity contribution in [1.82, 2.24) is 24.7 Å². The van der Waals surface area contributed by atoms with E-state index in [1.165, 1.54) is 18.2 Å². The molecule has 11 nitrogen and oxygen atoms in total. The predicted molar refractivity (Wildman–Crippen MR) is 143 cm³/mol. The number of anilines is 1. The van der Waals surface area contributed by atoms with Crippen molar-refractivity contribution in [3.05, 3.63) is 53.0 Å². The topological polar surface area (TPSA) is 128 Å². The Morgan fingerprint density at radius 3 is 2.41 bits per heavy atom. The van der Waals surface area contributed by atoms with E-state index >= 15 is 0 Å². The van der Waals surface area contributed by atoms with Crippen LogP contribution in [-0.2, 0) is 22.5 Å². The predicted octanol–water partition coefficient (Wildman–Crippen LogP) is 1.32. The van der Waals surface area contributed by atoms with Crippen molar-refractivity contribution in [3.8, 4) is 0 Å². The fourth-order valence-electron chi connectivity index (χ4n) is 5.85. The van der Waals surface area contributed by atoms with E-state index in [1.54, 1.807) is 22.8 Å². The monoisotopic (exact) mass is 536 g/mol. The second-order valence-corrected chi connectivity index (χ2v) is 10.5. The molecule has 0 unspecified atom stereocenters. The fraction of sp³-hybridized carbons (Fsp3) is 0.536. The van der Waals surface area contributed by atoms with Crippen LogP contribution in [0.15, 0.2) is 30.3 Å². The molecule has 2 saturated heterocycles. The van der Waals surface area contributed by atoms with E-state index in [-0.39, 0.29) is 42.0 Å². The number of hydrogen-bond acceptors (Lipinski definition) is 9. The van der Waals surface area contributed by atoms with Gasteiger partial charge >= 0.3 is 5.97 Å². The smallest absolute Gasteiger partial charge is 0.376 e. The van der Waals surface area contributed by atoms with Crippen LogP contribution in [0.1, 0.15) is 58.4 Å². The number of nitrogens with zero attached hydrogens (tertiary/aromatic N) is 5.